The maximum absolute atomic E-state index is 6.38. The third-order valence-corrected chi connectivity index (χ3v) is 3.89. The van der Waals surface area contributed by atoms with Gasteiger partial charge in [0.15, 0.2) is 0 Å². The Balaban J connectivity index is 2.47. The van der Waals surface area contributed by atoms with Crippen molar-refractivity contribution >= 4 is 0 Å². The SMILES string of the molecule is COc1c(C)c(C)cc(C)c1C(N)C1CNC1. The van der Waals surface area contributed by atoms with Gasteiger partial charge in [-0.25, -0.2) is 0 Å². The molecule has 1 heterocycles. The van der Waals surface area contributed by atoms with E-state index in [1.165, 1.54) is 22.3 Å². The fourth-order valence-electron chi connectivity index (χ4n) is 2.55. The van der Waals surface area contributed by atoms with E-state index in [2.05, 4.69) is 32.2 Å². The third kappa shape index (κ3) is 2.05. The Kier molecular flexibility index (Phi) is 3.40. The maximum atomic E-state index is 6.38. The molecule has 0 aromatic heterocycles. The molecular weight excluding hydrogens is 212 g/mol. The molecule has 1 saturated heterocycles. The number of rotatable bonds is 3. The highest BCUT2D eigenvalue weighted by molar-refractivity contribution is 5.51. The molecule has 1 aromatic rings. The summed E-state index contributed by atoms with van der Waals surface area (Å²) in [5.41, 5.74) is 11.3. The molecule has 3 heteroatoms. The van der Waals surface area contributed by atoms with Crippen LogP contribution in [0.15, 0.2) is 6.07 Å². The third-order valence-electron chi connectivity index (χ3n) is 3.89. The van der Waals surface area contributed by atoms with Crippen LogP contribution < -0.4 is 15.8 Å². The van der Waals surface area contributed by atoms with E-state index in [0.29, 0.717) is 5.92 Å². The lowest BCUT2D eigenvalue weighted by molar-refractivity contribution is 0.287. The van der Waals surface area contributed by atoms with Crippen LogP contribution in [0.4, 0.5) is 0 Å². The van der Waals surface area contributed by atoms with Gasteiger partial charge in [0.1, 0.15) is 5.75 Å². The number of benzene rings is 1. The zero-order valence-electron chi connectivity index (χ0n) is 11.1. The van der Waals surface area contributed by atoms with Gasteiger partial charge in [0.25, 0.3) is 0 Å². The van der Waals surface area contributed by atoms with E-state index in [1.54, 1.807) is 7.11 Å². The molecule has 17 heavy (non-hydrogen) atoms. The van der Waals surface area contributed by atoms with Crippen LogP contribution in [0.25, 0.3) is 0 Å². The average Bonchev–Trinajstić information content (AvgIpc) is 2.20. The van der Waals surface area contributed by atoms with E-state index < -0.39 is 0 Å². The van der Waals surface area contributed by atoms with E-state index in [-0.39, 0.29) is 6.04 Å². The predicted octanol–water partition coefficient (Wildman–Crippen LogP) is 1.84. The summed E-state index contributed by atoms with van der Waals surface area (Å²) in [6.45, 7) is 8.36. The molecule has 1 fully saturated rings. The molecular formula is C14H22N2O. The van der Waals surface area contributed by atoms with Crippen molar-refractivity contribution in [2.75, 3.05) is 20.2 Å². The minimum absolute atomic E-state index is 0.0745. The van der Waals surface area contributed by atoms with Crippen LogP contribution in [-0.4, -0.2) is 20.2 Å². The van der Waals surface area contributed by atoms with Gasteiger partial charge in [-0.05, 0) is 37.5 Å². The lowest BCUT2D eigenvalue weighted by Gasteiger charge is -2.34. The Bertz CT molecular complexity index is 425. The fourth-order valence-corrected chi connectivity index (χ4v) is 2.55. The van der Waals surface area contributed by atoms with E-state index in [0.717, 1.165) is 18.8 Å². The number of methoxy groups -OCH3 is 1. The second-order valence-electron chi connectivity index (χ2n) is 5.03. The van der Waals surface area contributed by atoms with E-state index >= 15 is 0 Å². The number of nitrogens with two attached hydrogens (primary N) is 1. The molecule has 3 nitrogen and oxygen atoms in total. The van der Waals surface area contributed by atoms with Crippen LogP contribution in [0.2, 0.25) is 0 Å². The number of hydrogen-bond donors (Lipinski definition) is 2. The van der Waals surface area contributed by atoms with Gasteiger partial charge < -0.3 is 15.8 Å². The second-order valence-corrected chi connectivity index (χ2v) is 5.03. The zero-order valence-corrected chi connectivity index (χ0v) is 11.1. The average molecular weight is 234 g/mol. The first-order chi connectivity index (χ1) is 8.06. The van der Waals surface area contributed by atoms with Crippen molar-refractivity contribution in [2.45, 2.75) is 26.8 Å². The van der Waals surface area contributed by atoms with Gasteiger partial charge in [-0.3, -0.25) is 0 Å². The van der Waals surface area contributed by atoms with Crippen LogP contribution >= 0.6 is 0 Å². The molecule has 1 aliphatic rings. The van der Waals surface area contributed by atoms with E-state index in [9.17, 15) is 0 Å². The van der Waals surface area contributed by atoms with Crippen molar-refractivity contribution < 1.29 is 4.74 Å². The highest BCUT2D eigenvalue weighted by Crippen LogP contribution is 2.36. The summed E-state index contributed by atoms with van der Waals surface area (Å²) >= 11 is 0. The lowest BCUT2D eigenvalue weighted by Crippen LogP contribution is -2.47. The summed E-state index contributed by atoms with van der Waals surface area (Å²) in [5.74, 6) is 1.51. The zero-order chi connectivity index (χ0) is 12.6. The van der Waals surface area contributed by atoms with Crippen LogP contribution in [0.3, 0.4) is 0 Å². The summed E-state index contributed by atoms with van der Waals surface area (Å²) in [6.07, 6.45) is 0. The summed E-state index contributed by atoms with van der Waals surface area (Å²) in [7, 11) is 1.73. The normalized spacial score (nSPS) is 17.7. The van der Waals surface area contributed by atoms with Crippen LogP contribution in [0.5, 0.6) is 5.75 Å². The highest BCUT2D eigenvalue weighted by Gasteiger charge is 2.29. The number of hydrogen-bond acceptors (Lipinski definition) is 3. The number of ether oxygens (including phenoxy) is 1. The van der Waals surface area contributed by atoms with Crippen LogP contribution in [0.1, 0.15) is 28.3 Å². The first-order valence-corrected chi connectivity index (χ1v) is 6.17. The number of nitrogens with one attached hydrogen (secondary N) is 1. The Morgan fingerprint density at radius 2 is 1.94 bits per heavy atom. The van der Waals surface area contributed by atoms with Gasteiger partial charge in [-0.15, -0.1) is 0 Å². The lowest BCUT2D eigenvalue weighted by atomic mass is 9.85. The molecule has 1 atom stereocenters. The fraction of sp³-hybridized carbons (Fsp3) is 0.571. The molecule has 1 aromatic carbocycles. The van der Waals surface area contributed by atoms with Gasteiger partial charge >= 0.3 is 0 Å². The van der Waals surface area contributed by atoms with Gasteiger partial charge in [-0.1, -0.05) is 6.07 Å². The molecule has 1 aliphatic heterocycles. The molecule has 0 radical (unpaired) electrons. The molecule has 0 amide bonds. The minimum Gasteiger partial charge on any atom is -0.496 e. The van der Waals surface area contributed by atoms with Crippen LogP contribution in [0, 0.1) is 26.7 Å². The molecule has 0 saturated carbocycles. The van der Waals surface area contributed by atoms with Crippen molar-refractivity contribution in [3.63, 3.8) is 0 Å². The van der Waals surface area contributed by atoms with E-state index in [4.69, 9.17) is 10.5 Å². The molecule has 2 rings (SSSR count). The van der Waals surface area contributed by atoms with Crippen LogP contribution in [-0.2, 0) is 0 Å². The Labute approximate surface area is 103 Å². The summed E-state index contributed by atoms with van der Waals surface area (Å²) in [5, 5.41) is 3.27. The molecule has 94 valence electrons. The van der Waals surface area contributed by atoms with Crippen molar-refractivity contribution in [3.05, 3.63) is 28.3 Å². The van der Waals surface area contributed by atoms with Crippen molar-refractivity contribution in [3.8, 4) is 5.75 Å². The maximum Gasteiger partial charge on any atom is 0.127 e. The molecule has 0 spiro atoms. The van der Waals surface area contributed by atoms with Crippen molar-refractivity contribution in [1.29, 1.82) is 0 Å². The Hall–Kier alpha value is -1.06. The molecule has 1 unspecified atom stereocenters. The molecule has 0 bridgehead atoms. The Morgan fingerprint density at radius 1 is 1.29 bits per heavy atom. The number of aryl methyl sites for hydroxylation is 2. The highest BCUT2D eigenvalue weighted by atomic mass is 16.5. The quantitative estimate of drug-likeness (QED) is 0.839. The Morgan fingerprint density at radius 3 is 2.41 bits per heavy atom. The summed E-state index contributed by atoms with van der Waals surface area (Å²) in [4.78, 5) is 0. The molecule has 3 N–H and O–H groups in total. The first kappa shape index (κ1) is 12.4. The minimum atomic E-state index is 0.0745. The van der Waals surface area contributed by atoms with Gasteiger partial charge in [0.2, 0.25) is 0 Å². The molecule has 0 aliphatic carbocycles. The topological polar surface area (TPSA) is 47.3 Å². The first-order valence-electron chi connectivity index (χ1n) is 6.17. The van der Waals surface area contributed by atoms with Gasteiger partial charge in [0.05, 0.1) is 7.11 Å². The van der Waals surface area contributed by atoms with Crippen molar-refractivity contribution in [2.24, 2.45) is 11.7 Å². The van der Waals surface area contributed by atoms with E-state index in [1.807, 2.05) is 0 Å². The summed E-state index contributed by atoms with van der Waals surface area (Å²) in [6, 6.07) is 2.28. The standard InChI is InChI=1S/C14H22N2O/c1-8-5-9(2)12(14(17-4)10(8)3)13(15)11-6-16-7-11/h5,11,13,16H,6-7,15H2,1-4H3. The smallest absolute Gasteiger partial charge is 0.127 e. The largest absolute Gasteiger partial charge is 0.496 e. The predicted molar refractivity (Wildman–Crippen MR) is 70.5 cm³/mol. The van der Waals surface area contributed by atoms with Gasteiger partial charge in [0, 0.05) is 30.6 Å². The van der Waals surface area contributed by atoms with Gasteiger partial charge in [-0.2, -0.15) is 0 Å². The second kappa shape index (κ2) is 4.67. The van der Waals surface area contributed by atoms with Crippen molar-refractivity contribution in [1.82, 2.24) is 5.32 Å². The summed E-state index contributed by atoms with van der Waals surface area (Å²) < 4.78 is 5.58. The monoisotopic (exact) mass is 234 g/mol.